The Hall–Kier alpha value is -3.69. The van der Waals surface area contributed by atoms with E-state index in [1.54, 1.807) is 43.3 Å². The Morgan fingerprint density at radius 2 is 1.68 bits per heavy atom. The van der Waals surface area contributed by atoms with E-state index in [9.17, 15) is 24.3 Å². The van der Waals surface area contributed by atoms with Gasteiger partial charge in [-0.2, -0.15) is 0 Å². The number of carboxylic acid groups (broad SMARTS) is 1. The van der Waals surface area contributed by atoms with Crippen LogP contribution in [0.5, 0.6) is 0 Å². The Balaban J connectivity index is 1.75. The number of aromatic nitrogens is 1. The second-order valence-electron chi connectivity index (χ2n) is 7.57. The monoisotopic (exact) mass is 541 g/mol. The summed E-state index contributed by atoms with van der Waals surface area (Å²) in [4.78, 5) is 50.2. The van der Waals surface area contributed by atoms with Crippen molar-refractivity contribution < 1.29 is 24.3 Å². The molecule has 8 nitrogen and oxygen atoms in total. The van der Waals surface area contributed by atoms with Crippen molar-refractivity contribution in [3.05, 3.63) is 86.1 Å². The summed E-state index contributed by atoms with van der Waals surface area (Å²) in [5.74, 6) is -2.66. The first-order valence-electron chi connectivity index (χ1n) is 9.97. The highest BCUT2D eigenvalue weighted by atomic mass is 79.9. The summed E-state index contributed by atoms with van der Waals surface area (Å²) in [7, 11) is 0. The number of nitrogens with one attached hydrogen (secondary N) is 1. The second-order valence-corrected chi connectivity index (χ2v) is 8.89. The zero-order valence-corrected chi connectivity index (χ0v) is 20.3. The van der Waals surface area contributed by atoms with Crippen LogP contribution in [0.3, 0.4) is 0 Å². The van der Waals surface area contributed by atoms with E-state index in [4.69, 9.17) is 11.6 Å². The van der Waals surface area contributed by atoms with Gasteiger partial charge in [0, 0.05) is 21.5 Å². The van der Waals surface area contributed by atoms with Crippen molar-refractivity contribution in [1.82, 2.24) is 9.88 Å². The lowest BCUT2D eigenvalue weighted by atomic mass is 10.1. The number of amides is 4. The summed E-state index contributed by atoms with van der Waals surface area (Å²) in [6.07, 6.45) is 1.43. The number of hydrogen-bond donors (Lipinski definition) is 2. The molecule has 0 saturated carbocycles. The van der Waals surface area contributed by atoms with Crippen LogP contribution in [0.25, 0.3) is 11.8 Å². The van der Waals surface area contributed by atoms with E-state index in [-0.39, 0.29) is 16.2 Å². The quantitative estimate of drug-likeness (QED) is 0.361. The standard InChI is InChI=1S/C24H17BrClN3O5/c1-12-9-14(13(2)28(12)17-7-8-18(23(32)33)20(26)11-17)10-19-21(30)27-24(34)29(22(19)31)16-5-3-15(25)4-6-16/h3-11H,1-2H3,(H,32,33)(H,27,30,34)/b19-10+. The predicted octanol–water partition coefficient (Wildman–Crippen LogP) is 4.87. The van der Waals surface area contributed by atoms with Gasteiger partial charge in [0.25, 0.3) is 11.8 Å². The molecule has 4 rings (SSSR count). The molecule has 0 unspecified atom stereocenters. The summed E-state index contributed by atoms with van der Waals surface area (Å²) in [5.41, 5.74) is 2.78. The maximum Gasteiger partial charge on any atom is 0.337 e. The minimum atomic E-state index is -1.13. The fourth-order valence-electron chi connectivity index (χ4n) is 3.79. The molecule has 10 heteroatoms. The maximum absolute atomic E-state index is 13.1. The summed E-state index contributed by atoms with van der Waals surface area (Å²) >= 11 is 9.44. The molecule has 0 aliphatic carbocycles. The molecular weight excluding hydrogens is 526 g/mol. The zero-order chi connectivity index (χ0) is 24.7. The number of urea groups is 1. The van der Waals surface area contributed by atoms with Crippen LogP contribution in [0, 0.1) is 13.8 Å². The van der Waals surface area contributed by atoms with E-state index in [2.05, 4.69) is 21.2 Å². The van der Waals surface area contributed by atoms with Gasteiger partial charge in [-0.1, -0.05) is 27.5 Å². The third-order valence-corrected chi connectivity index (χ3v) is 6.24. The van der Waals surface area contributed by atoms with Crippen LogP contribution in [0.2, 0.25) is 5.02 Å². The molecular formula is C24H17BrClN3O5. The van der Waals surface area contributed by atoms with E-state index in [1.165, 1.54) is 18.2 Å². The molecule has 0 bridgehead atoms. The van der Waals surface area contributed by atoms with Gasteiger partial charge in [-0.3, -0.25) is 14.9 Å². The highest BCUT2D eigenvalue weighted by Crippen LogP contribution is 2.28. The molecule has 4 amide bonds. The Kier molecular flexibility index (Phi) is 6.16. The lowest BCUT2D eigenvalue weighted by Crippen LogP contribution is -2.54. The molecule has 0 atom stereocenters. The van der Waals surface area contributed by atoms with Gasteiger partial charge in [0.2, 0.25) is 0 Å². The first-order chi connectivity index (χ1) is 16.1. The molecule has 1 aromatic heterocycles. The molecule has 3 aromatic rings. The topological polar surface area (TPSA) is 109 Å². The van der Waals surface area contributed by atoms with Crippen molar-refractivity contribution in [2.24, 2.45) is 0 Å². The fourth-order valence-corrected chi connectivity index (χ4v) is 4.31. The number of benzene rings is 2. The Morgan fingerprint density at radius 1 is 1.03 bits per heavy atom. The van der Waals surface area contributed by atoms with Gasteiger partial charge >= 0.3 is 12.0 Å². The molecule has 2 heterocycles. The van der Waals surface area contributed by atoms with E-state index in [1.807, 2.05) is 11.5 Å². The van der Waals surface area contributed by atoms with Gasteiger partial charge in [0.1, 0.15) is 5.57 Å². The number of nitrogens with zero attached hydrogens (tertiary/aromatic N) is 2. The fraction of sp³-hybridized carbons (Fsp3) is 0.0833. The number of carboxylic acids is 1. The van der Waals surface area contributed by atoms with Crippen LogP contribution >= 0.6 is 27.5 Å². The highest BCUT2D eigenvalue weighted by molar-refractivity contribution is 9.10. The van der Waals surface area contributed by atoms with E-state index in [0.29, 0.717) is 22.6 Å². The van der Waals surface area contributed by atoms with Crippen LogP contribution < -0.4 is 10.2 Å². The van der Waals surface area contributed by atoms with E-state index in [0.717, 1.165) is 15.1 Å². The summed E-state index contributed by atoms with van der Waals surface area (Å²) < 4.78 is 2.60. The molecule has 0 spiro atoms. The van der Waals surface area contributed by atoms with Crippen molar-refractivity contribution >= 4 is 63.1 Å². The summed E-state index contributed by atoms with van der Waals surface area (Å²) in [5, 5.41) is 11.5. The number of imide groups is 2. The minimum Gasteiger partial charge on any atom is -0.478 e. The first-order valence-corrected chi connectivity index (χ1v) is 11.1. The zero-order valence-electron chi connectivity index (χ0n) is 17.9. The number of halogens is 2. The third-order valence-electron chi connectivity index (χ3n) is 5.40. The van der Waals surface area contributed by atoms with E-state index >= 15 is 0 Å². The van der Waals surface area contributed by atoms with Crippen LogP contribution in [0.15, 0.2) is 58.6 Å². The van der Waals surface area contributed by atoms with Crippen molar-refractivity contribution in [3.8, 4) is 5.69 Å². The number of barbiturate groups is 1. The van der Waals surface area contributed by atoms with Crippen molar-refractivity contribution in [3.63, 3.8) is 0 Å². The number of hydrogen-bond acceptors (Lipinski definition) is 4. The lowest BCUT2D eigenvalue weighted by molar-refractivity contribution is -0.122. The number of aryl methyl sites for hydroxylation is 1. The van der Waals surface area contributed by atoms with Crippen LogP contribution in [-0.4, -0.2) is 33.5 Å². The first kappa shape index (κ1) is 23.5. The molecule has 1 aliphatic rings. The smallest absolute Gasteiger partial charge is 0.337 e. The van der Waals surface area contributed by atoms with Crippen molar-refractivity contribution in [2.45, 2.75) is 13.8 Å². The molecule has 34 heavy (non-hydrogen) atoms. The average molecular weight is 543 g/mol. The summed E-state index contributed by atoms with van der Waals surface area (Å²) in [6, 6.07) is 12.1. The largest absolute Gasteiger partial charge is 0.478 e. The average Bonchev–Trinajstić information content (AvgIpc) is 3.04. The SMILES string of the molecule is Cc1cc(/C=C2\C(=O)NC(=O)N(c3ccc(Br)cc3)C2=O)c(C)n1-c1ccc(C(=O)O)c(Cl)c1. The Morgan fingerprint density at radius 3 is 2.29 bits per heavy atom. The van der Waals surface area contributed by atoms with E-state index < -0.39 is 23.8 Å². The number of rotatable bonds is 4. The number of carbonyl (C=O) groups is 4. The molecule has 1 aliphatic heterocycles. The van der Waals surface area contributed by atoms with Gasteiger partial charge in [-0.25, -0.2) is 14.5 Å². The second kappa shape index (κ2) is 8.92. The minimum absolute atomic E-state index is 0.0163. The normalized spacial score (nSPS) is 15.1. The van der Waals surface area contributed by atoms with Gasteiger partial charge in [0.15, 0.2) is 0 Å². The van der Waals surface area contributed by atoms with Crippen LogP contribution in [0.1, 0.15) is 27.3 Å². The van der Waals surface area contributed by atoms with Gasteiger partial charge in [-0.05, 0) is 74.0 Å². The van der Waals surface area contributed by atoms with Crippen molar-refractivity contribution in [1.29, 1.82) is 0 Å². The Labute approximate surface area is 207 Å². The van der Waals surface area contributed by atoms with Crippen LogP contribution in [-0.2, 0) is 9.59 Å². The molecule has 0 radical (unpaired) electrons. The molecule has 1 fully saturated rings. The maximum atomic E-state index is 13.1. The molecule has 2 aromatic carbocycles. The predicted molar refractivity (Wildman–Crippen MR) is 130 cm³/mol. The number of anilines is 1. The van der Waals surface area contributed by atoms with Crippen molar-refractivity contribution in [2.75, 3.05) is 4.90 Å². The number of aromatic carboxylic acids is 1. The van der Waals surface area contributed by atoms with Gasteiger partial charge < -0.3 is 9.67 Å². The number of carbonyl (C=O) groups excluding carboxylic acids is 3. The molecule has 2 N–H and O–H groups in total. The third kappa shape index (κ3) is 4.15. The van der Waals surface area contributed by atoms with Crippen LogP contribution in [0.4, 0.5) is 10.5 Å². The molecule has 172 valence electrons. The summed E-state index contributed by atoms with van der Waals surface area (Å²) in [6.45, 7) is 3.62. The highest BCUT2D eigenvalue weighted by Gasteiger charge is 2.37. The van der Waals surface area contributed by atoms with Gasteiger partial charge in [-0.15, -0.1) is 0 Å². The Bertz CT molecular complexity index is 1410. The molecule has 1 saturated heterocycles. The van der Waals surface area contributed by atoms with Gasteiger partial charge in [0.05, 0.1) is 16.3 Å². The lowest BCUT2D eigenvalue weighted by Gasteiger charge is -2.26.